The predicted molar refractivity (Wildman–Crippen MR) is 133 cm³/mol. The molecule has 0 N–H and O–H groups in total. The van der Waals surface area contributed by atoms with E-state index < -0.39 is 5.97 Å². The molecule has 3 aromatic rings. The lowest BCUT2D eigenvalue weighted by atomic mass is 10.2. The number of esters is 1. The molecule has 0 radical (unpaired) electrons. The van der Waals surface area contributed by atoms with Crippen molar-refractivity contribution < 1.29 is 23.7 Å². The molecule has 0 amide bonds. The lowest BCUT2D eigenvalue weighted by Crippen LogP contribution is -2.37. The number of nitrogens with zero attached hydrogens (tertiary/aromatic N) is 2. The third-order valence-corrected chi connectivity index (χ3v) is 6.65. The quantitative estimate of drug-likeness (QED) is 0.304. The Bertz CT molecular complexity index is 1160. The molecular weight excluding hydrogens is 479 g/mol. The summed E-state index contributed by atoms with van der Waals surface area (Å²) in [5.74, 6) is 0.787. The molecule has 0 spiro atoms. The van der Waals surface area contributed by atoms with Crippen LogP contribution < -0.4 is 9.47 Å². The smallest absolute Gasteiger partial charge is 0.354 e. The van der Waals surface area contributed by atoms with E-state index in [2.05, 4.69) is 4.90 Å². The van der Waals surface area contributed by atoms with Crippen molar-refractivity contribution >= 4 is 40.1 Å². The molecule has 0 bridgehead atoms. The SMILES string of the molecule is COC(=O)c1cc2c(OCCCN3CCOCC3)c(OC)ccc2n1Cc1ccc(Cl)c(Cl)c1. The van der Waals surface area contributed by atoms with E-state index in [1.807, 2.05) is 22.8 Å². The number of carbonyl (C=O) groups excluding carboxylic acids is 1. The fourth-order valence-corrected chi connectivity index (χ4v) is 4.47. The van der Waals surface area contributed by atoms with Gasteiger partial charge in [0.25, 0.3) is 0 Å². The zero-order valence-electron chi connectivity index (χ0n) is 19.3. The molecule has 1 aliphatic heterocycles. The number of carbonyl (C=O) groups is 1. The molecule has 1 aliphatic rings. The third kappa shape index (κ3) is 5.44. The van der Waals surface area contributed by atoms with Crippen molar-refractivity contribution in [3.05, 3.63) is 57.7 Å². The molecule has 0 aliphatic carbocycles. The highest BCUT2D eigenvalue weighted by Crippen LogP contribution is 2.38. The molecule has 9 heteroatoms. The number of rotatable bonds is 9. The Labute approximate surface area is 209 Å². The molecule has 4 rings (SSSR count). The van der Waals surface area contributed by atoms with Crippen molar-refractivity contribution in [3.63, 3.8) is 0 Å². The second-order valence-corrected chi connectivity index (χ2v) is 8.86. The molecule has 182 valence electrons. The summed E-state index contributed by atoms with van der Waals surface area (Å²) < 4.78 is 24.1. The first-order valence-electron chi connectivity index (χ1n) is 11.2. The van der Waals surface area contributed by atoms with Crippen LogP contribution in [-0.4, -0.2) is 69.1 Å². The summed E-state index contributed by atoms with van der Waals surface area (Å²) in [7, 11) is 2.98. The first-order valence-corrected chi connectivity index (χ1v) is 11.9. The summed E-state index contributed by atoms with van der Waals surface area (Å²) in [6, 6.07) is 11.0. The highest BCUT2D eigenvalue weighted by Gasteiger charge is 2.21. The van der Waals surface area contributed by atoms with Crippen LogP contribution in [0.3, 0.4) is 0 Å². The van der Waals surface area contributed by atoms with Gasteiger partial charge >= 0.3 is 5.97 Å². The fraction of sp³-hybridized carbons (Fsp3) is 0.400. The standard InChI is InChI=1S/C25H28Cl2N2O5/c1-31-23-7-6-21-18(24(23)34-11-3-8-28-9-12-33-13-10-28)15-22(25(30)32-2)29(21)16-17-4-5-19(26)20(27)14-17/h4-7,14-15H,3,8-13,16H2,1-2H3. The molecule has 1 saturated heterocycles. The summed E-state index contributed by atoms with van der Waals surface area (Å²) in [6.45, 7) is 5.31. The normalized spacial score (nSPS) is 14.4. The zero-order valence-corrected chi connectivity index (χ0v) is 20.8. The van der Waals surface area contributed by atoms with Gasteiger partial charge in [0.15, 0.2) is 11.5 Å². The fourth-order valence-electron chi connectivity index (χ4n) is 4.15. The average molecular weight is 507 g/mol. The predicted octanol–water partition coefficient (Wildman–Crippen LogP) is 4.89. The summed E-state index contributed by atoms with van der Waals surface area (Å²) in [5.41, 5.74) is 2.14. The van der Waals surface area contributed by atoms with Crippen LogP contribution >= 0.6 is 23.2 Å². The summed E-state index contributed by atoms with van der Waals surface area (Å²) in [5, 5.41) is 1.72. The van der Waals surface area contributed by atoms with Gasteiger partial charge in [-0.15, -0.1) is 0 Å². The Hall–Kier alpha value is -2.45. The van der Waals surface area contributed by atoms with E-state index >= 15 is 0 Å². The minimum atomic E-state index is -0.437. The van der Waals surface area contributed by atoms with Crippen molar-refractivity contribution in [3.8, 4) is 11.5 Å². The van der Waals surface area contributed by atoms with Gasteiger partial charge in [0.2, 0.25) is 0 Å². The van der Waals surface area contributed by atoms with E-state index in [0.717, 1.165) is 55.7 Å². The van der Waals surface area contributed by atoms with Crippen molar-refractivity contribution in [2.75, 3.05) is 53.7 Å². The maximum atomic E-state index is 12.6. The van der Waals surface area contributed by atoms with Crippen LogP contribution in [0.25, 0.3) is 10.9 Å². The highest BCUT2D eigenvalue weighted by molar-refractivity contribution is 6.42. The van der Waals surface area contributed by atoms with Gasteiger partial charge in [-0.2, -0.15) is 0 Å². The molecule has 2 aromatic carbocycles. The van der Waals surface area contributed by atoms with Gasteiger partial charge in [-0.05, 0) is 42.3 Å². The number of aromatic nitrogens is 1. The first kappa shape index (κ1) is 24.7. The van der Waals surface area contributed by atoms with Crippen LogP contribution in [0.1, 0.15) is 22.5 Å². The van der Waals surface area contributed by atoms with Crippen molar-refractivity contribution in [2.45, 2.75) is 13.0 Å². The first-order chi connectivity index (χ1) is 16.5. The maximum Gasteiger partial charge on any atom is 0.354 e. The van der Waals surface area contributed by atoms with Gasteiger partial charge in [-0.3, -0.25) is 4.90 Å². The van der Waals surface area contributed by atoms with E-state index in [1.165, 1.54) is 7.11 Å². The Balaban J connectivity index is 1.63. The minimum Gasteiger partial charge on any atom is -0.493 e. The van der Waals surface area contributed by atoms with E-state index in [-0.39, 0.29) is 0 Å². The van der Waals surface area contributed by atoms with E-state index in [0.29, 0.717) is 40.4 Å². The zero-order chi connectivity index (χ0) is 24.1. The van der Waals surface area contributed by atoms with Gasteiger partial charge in [0, 0.05) is 31.6 Å². The molecular formula is C25H28Cl2N2O5. The number of benzene rings is 2. The van der Waals surface area contributed by atoms with Crippen LogP contribution in [0.2, 0.25) is 10.0 Å². The number of halogens is 2. The Kier molecular flexibility index (Phi) is 8.21. The second kappa shape index (κ2) is 11.3. The minimum absolute atomic E-state index is 0.410. The van der Waals surface area contributed by atoms with Crippen molar-refractivity contribution in [2.24, 2.45) is 0 Å². The summed E-state index contributed by atoms with van der Waals surface area (Å²) in [4.78, 5) is 15.0. The third-order valence-electron chi connectivity index (χ3n) is 5.91. The number of methoxy groups -OCH3 is 2. The van der Waals surface area contributed by atoms with Gasteiger partial charge < -0.3 is 23.5 Å². The van der Waals surface area contributed by atoms with Gasteiger partial charge in [0.1, 0.15) is 5.69 Å². The Morgan fingerprint density at radius 1 is 1.06 bits per heavy atom. The Morgan fingerprint density at radius 2 is 1.85 bits per heavy atom. The number of morpholine rings is 1. The largest absolute Gasteiger partial charge is 0.493 e. The number of ether oxygens (including phenoxy) is 4. The molecule has 2 heterocycles. The van der Waals surface area contributed by atoms with E-state index in [1.54, 1.807) is 25.3 Å². The van der Waals surface area contributed by atoms with Gasteiger partial charge in [-0.25, -0.2) is 4.79 Å². The molecule has 0 saturated carbocycles. The molecule has 1 fully saturated rings. The van der Waals surface area contributed by atoms with Crippen LogP contribution in [0.5, 0.6) is 11.5 Å². The summed E-state index contributed by atoms with van der Waals surface area (Å²) in [6.07, 6.45) is 0.868. The monoisotopic (exact) mass is 506 g/mol. The molecule has 34 heavy (non-hydrogen) atoms. The van der Waals surface area contributed by atoms with Gasteiger partial charge in [-0.1, -0.05) is 29.3 Å². The lowest BCUT2D eigenvalue weighted by Gasteiger charge is -2.26. The molecule has 0 atom stereocenters. The average Bonchev–Trinajstić information content (AvgIpc) is 3.22. The molecule has 1 aromatic heterocycles. The van der Waals surface area contributed by atoms with Crippen molar-refractivity contribution in [1.82, 2.24) is 9.47 Å². The number of hydrogen-bond donors (Lipinski definition) is 0. The van der Waals surface area contributed by atoms with E-state index in [9.17, 15) is 4.79 Å². The van der Waals surface area contributed by atoms with Crippen molar-refractivity contribution in [1.29, 1.82) is 0 Å². The molecule has 7 nitrogen and oxygen atoms in total. The topological polar surface area (TPSA) is 62.2 Å². The second-order valence-electron chi connectivity index (χ2n) is 8.04. The summed E-state index contributed by atoms with van der Waals surface area (Å²) >= 11 is 12.3. The number of fused-ring (bicyclic) bond motifs is 1. The van der Waals surface area contributed by atoms with Crippen LogP contribution in [0.15, 0.2) is 36.4 Å². The lowest BCUT2D eigenvalue weighted by molar-refractivity contribution is 0.0358. The van der Waals surface area contributed by atoms with Crippen LogP contribution in [-0.2, 0) is 16.0 Å². The Morgan fingerprint density at radius 3 is 2.56 bits per heavy atom. The molecule has 0 unspecified atom stereocenters. The van der Waals surface area contributed by atoms with Gasteiger partial charge in [0.05, 0.1) is 49.6 Å². The highest BCUT2D eigenvalue weighted by atomic mass is 35.5. The number of hydrogen-bond acceptors (Lipinski definition) is 6. The van der Waals surface area contributed by atoms with E-state index in [4.69, 9.17) is 42.1 Å². The van der Waals surface area contributed by atoms with Crippen LogP contribution in [0.4, 0.5) is 0 Å². The maximum absolute atomic E-state index is 12.6. The van der Waals surface area contributed by atoms with Crippen LogP contribution in [0, 0.1) is 0 Å².